The van der Waals surface area contributed by atoms with E-state index >= 15 is 0 Å². The first kappa shape index (κ1) is 16.2. The molecule has 21 heavy (non-hydrogen) atoms. The molecule has 3 nitrogen and oxygen atoms in total. The molecule has 0 amide bonds. The fraction of sp³-hybridized carbons (Fsp3) is 0.647. The van der Waals surface area contributed by atoms with Gasteiger partial charge in [0.2, 0.25) is 0 Å². The summed E-state index contributed by atoms with van der Waals surface area (Å²) in [6, 6.07) is 5.15. The summed E-state index contributed by atoms with van der Waals surface area (Å²) in [7, 11) is 0. The molecule has 2 rings (SSSR count). The lowest BCUT2D eigenvalue weighted by Crippen LogP contribution is -2.42. The maximum atomic E-state index is 13.6. The van der Waals surface area contributed by atoms with E-state index in [-0.39, 0.29) is 18.5 Å². The molecule has 1 atom stereocenters. The van der Waals surface area contributed by atoms with Crippen molar-refractivity contribution in [1.82, 2.24) is 5.32 Å². The predicted octanol–water partition coefficient (Wildman–Crippen LogP) is 2.92. The Morgan fingerprint density at radius 3 is 2.90 bits per heavy atom. The maximum absolute atomic E-state index is 13.6. The maximum Gasteiger partial charge on any atom is 0.123 e. The van der Waals surface area contributed by atoms with Gasteiger partial charge in [0, 0.05) is 18.8 Å². The smallest absolute Gasteiger partial charge is 0.123 e. The summed E-state index contributed by atoms with van der Waals surface area (Å²) in [6.07, 6.45) is 3.29. The molecule has 1 heterocycles. The number of anilines is 1. The highest BCUT2D eigenvalue weighted by Crippen LogP contribution is 2.28. The first-order valence-electron chi connectivity index (χ1n) is 7.98. The second-order valence-electron chi connectivity index (χ2n) is 6.32. The molecular formula is C17H27FN2O. The van der Waals surface area contributed by atoms with Crippen molar-refractivity contribution in [3.05, 3.63) is 29.6 Å². The van der Waals surface area contributed by atoms with Crippen LogP contribution in [0, 0.1) is 11.7 Å². The van der Waals surface area contributed by atoms with Crippen molar-refractivity contribution in [2.45, 2.75) is 45.7 Å². The first-order valence-corrected chi connectivity index (χ1v) is 7.98. The van der Waals surface area contributed by atoms with E-state index in [0.29, 0.717) is 12.5 Å². The summed E-state index contributed by atoms with van der Waals surface area (Å²) in [5.74, 6) is 0.375. The second-order valence-corrected chi connectivity index (χ2v) is 6.32. The minimum atomic E-state index is -0.197. The monoisotopic (exact) mass is 294 g/mol. The molecule has 0 spiro atoms. The summed E-state index contributed by atoms with van der Waals surface area (Å²) >= 11 is 0. The van der Waals surface area contributed by atoms with Crippen molar-refractivity contribution < 1.29 is 9.50 Å². The van der Waals surface area contributed by atoms with Crippen LogP contribution < -0.4 is 10.2 Å². The predicted molar refractivity (Wildman–Crippen MR) is 85.0 cm³/mol. The molecule has 2 N–H and O–H groups in total. The van der Waals surface area contributed by atoms with Crippen LogP contribution in [0.5, 0.6) is 0 Å². The molecule has 1 unspecified atom stereocenters. The highest BCUT2D eigenvalue weighted by Gasteiger charge is 2.23. The van der Waals surface area contributed by atoms with Crippen LogP contribution in [0.2, 0.25) is 0 Å². The van der Waals surface area contributed by atoms with Gasteiger partial charge in [0.15, 0.2) is 0 Å². The van der Waals surface area contributed by atoms with Crippen LogP contribution in [-0.2, 0) is 6.54 Å². The lowest BCUT2D eigenvalue weighted by Gasteiger charge is -2.37. The minimum absolute atomic E-state index is 0.160. The van der Waals surface area contributed by atoms with Gasteiger partial charge in [0.05, 0.1) is 12.6 Å². The highest BCUT2D eigenvalue weighted by atomic mass is 19.1. The van der Waals surface area contributed by atoms with Crippen LogP contribution >= 0.6 is 0 Å². The van der Waals surface area contributed by atoms with Crippen LogP contribution in [0.1, 0.15) is 38.7 Å². The van der Waals surface area contributed by atoms with Crippen LogP contribution in [0.25, 0.3) is 0 Å². The highest BCUT2D eigenvalue weighted by molar-refractivity contribution is 5.55. The lowest BCUT2D eigenvalue weighted by atomic mass is 10.00. The molecule has 1 aromatic carbocycles. The van der Waals surface area contributed by atoms with Gasteiger partial charge in [-0.05, 0) is 55.5 Å². The van der Waals surface area contributed by atoms with Gasteiger partial charge < -0.3 is 15.3 Å². The Kier molecular flexibility index (Phi) is 6.00. The Morgan fingerprint density at radius 2 is 2.19 bits per heavy atom. The number of aliphatic hydroxyl groups is 1. The van der Waals surface area contributed by atoms with Crippen molar-refractivity contribution in [2.75, 3.05) is 24.6 Å². The van der Waals surface area contributed by atoms with E-state index in [0.717, 1.165) is 43.6 Å². The van der Waals surface area contributed by atoms with Gasteiger partial charge in [-0.1, -0.05) is 13.8 Å². The third-order valence-corrected chi connectivity index (χ3v) is 4.06. The van der Waals surface area contributed by atoms with E-state index in [1.54, 1.807) is 6.07 Å². The van der Waals surface area contributed by atoms with Crippen LogP contribution in [0.4, 0.5) is 10.1 Å². The summed E-state index contributed by atoms with van der Waals surface area (Å²) in [4.78, 5) is 2.25. The second kappa shape index (κ2) is 7.76. The molecule has 0 radical (unpaired) electrons. The molecule has 0 aliphatic carbocycles. The molecule has 0 saturated carbocycles. The molecule has 1 fully saturated rings. The minimum Gasteiger partial charge on any atom is -0.394 e. The molecule has 0 aromatic heterocycles. The fourth-order valence-electron chi connectivity index (χ4n) is 2.98. The quantitative estimate of drug-likeness (QED) is 0.847. The van der Waals surface area contributed by atoms with E-state index in [1.165, 1.54) is 6.07 Å². The first-order chi connectivity index (χ1) is 10.1. The Labute approximate surface area is 127 Å². The van der Waals surface area contributed by atoms with Crippen molar-refractivity contribution in [2.24, 2.45) is 5.92 Å². The third-order valence-electron chi connectivity index (χ3n) is 4.06. The van der Waals surface area contributed by atoms with E-state index in [9.17, 15) is 9.50 Å². The fourth-order valence-corrected chi connectivity index (χ4v) is 2.98. The average Bonchev–Trinajstić information content (AvgIpc) is 2.47. The van der Waals surface area contributed by atoms with Crippen molar-refractivity contribution in [1.29, 1.82) is 0 Å². The zero-order valence-electron chi connectivity index (χ0n) is 13.1. The zero-order valence-corrected chi connectivity index (χ0v) is 13.1. The largest absolute Gasteiger partial charge is 0.394 e. The number of piperidine rings is 1. The van der Waals surface area contributed by atoms with Gasteiger partial charge >= 0.3 is 0 Å². The number of halogens is 1. The van der Waals surface area contributed by atoms with Crippen LogP contribution in [0.3, 0.4) is 0 Å². The van der Waals surface area contributed by atoms with E-state index in [2.05, 4.69) is 24.1 Å². The topological polar surface area (TPSA) is 35.5 Å². The summed E-state index contributed by atoms with van der Waals surface area (Å²) in [5, 5.41) is 13.0. The lowest BCUT2D eigenvalue weighted by molar-refractivity contribution is 0.240. The Balaban J connectivity index is 2.16. The Bertz CT molecular complexity index is 450. The SMILES string of the molecule is CC(C)CNCc1cc(F)ccc1N1CCCCC1CO. The van der Waals surface area contributed by atoms with Crippen molar-refractivity contribution in [3.8, 4) is 0 Å². The molecule has 1 aliphatic rings. The van der Waals surface area contributed by atoms with Crippen molar-refractivity contribution in [3.63, 3.8) is 0 Å². The molecule has 1 aromatic rings. The number of nitrogens with one attached hydrogen (secondary N) is 1. The van der Waals surface area contributed by atoms with Gasteiger partial charge in [0.1, 0.15) is 5.82 Å². The number of benzene rings is 1. The van der Waals surface area contributed by atoms with Gasteiger partial charge in [-0.15, -0.1) is 0 Å². The Morgan fingerprint density at radius 1 is 1.38 bits per heavy atom. The summed E-state index contributed by atoms with van der Waals surface area (Å²) in [5.41, 5.74) is 2.04. The van der Waals surface area contributed by atoms with E-state index in [4.69, 9.17) is 0 Å². The Hall–Kier alpha value is -1.13. The van der Waals surface area contributed by atoms with E-state index < -0.39 is 0 Å². The summed E-state index contributed by atoms with van der Waals surface area (Å²) in [6.45, 7) is 7.00. The normalized spacial score (nSPS) is 19.3. The molecule has 4 heteroatoms. The van der Waals surface area contributed by atoms with Gasteiger partial charge in [-0.2, -0.15) is 0 Å². The van der Waals surface area contributed by atoms with Gasteiger partial charge in [0.25, 0.3) is 0 Å². The van der Waals surface area contributed by atoms with Crippen molar-refractivity contribution >= 4 is 5.69 Å². The molecule has 1 aliphatic heterocycles. The number of rotatable bonds is 6. The van der Waals surface area contributed by atoms with Gasteiger partial charge in [-0.25, -0.2) is 4.39 Å². The zero-order chi connectivity index (χ0) is 15.2. The number of hydrogen-bond acceptors (Lipinski definition) is 3. The standard InChI is InChI=1S/C17H27FN2O/c1-13(2)10-19-11-14-9-15(18)6-7-17(14)20-8-4-3-5-16(20)12-21/h6-7,9,13,16,19,21H,3-5,8,10-12H2,1-2H3. The third kappa shape index (κ3) is 4.42. The van der Waals surface area contributed by atoms with Crippen LogP contribution in [-0.4, -0.2) is 30.8 Å². The number of hydrogen-bond donors (Lipinski definition) is 2. The average molecular weight is 294 g/mol. The molecular weight excluding hydrogens is 267 g/mol. The number of aliphatic hydroxyl groups excluding tert-OH is 1. The van der Waals surface area contributed by atoms with Gasteiger partial charge in [-0.3, -0.25) is 0 Å². The van der Waals surface area contributed by atoms with E-state index in [1.807, 2.05) is 6.07 Å². The molecule has 1 saturated heterocycles. The summed E-state index contributed by atoms with van der Waals surface area (Å²) < 4.78 is 13.6. The molecule has 118 valence electrons. The molecule has 0 bridgehead atoms. The number of nitrogens with zero attached hydrogens (tertiary/aromatic N) is 1. The van der Waals surface area contributed by atoms with Crippen LogP contribution in [0.15, 0.2) is 18.2 Å².